The Morgan fingerprint density at radius 2 is 1.59 bits per heavy atom. The van der Waals surface area contributed by atoms with E-state index in [1.165, 1.54) is 0 Å². The van der Waals surface area contributed by atoms with E-state index in [1.807, 2.05) is 12.1 Å². The van der Waals surface area contributed by atoms with Crippen LogP contribution in [-0.2, 0) is 31.9 Å². The molecule has 0 aliphatic heterocycles. The lowest BCUT2D eigenvalue weighted by atomic mass is 9.94. The summed E-state index contributed by atoms with van der Waals surface area (Å²) in [6.45, 7) is 16.7. The number of benzene rings is 2. The van der Waals surface area contributed by atoms with E-state index in [2.05, 4.69) is 19.2 Å². The van der Waals surface area contributed by atoms with Gasteiger partial charge in [-0.2, -0.15) is 0 Å². The zero-order chi connectivity index (χ0) is 32.4. The van der Waals surface area contributed by atoms with Crippen molar-refractivity contribution in [1.82, 2.24) is 0 Å². The summed E-state index contributed by atoms with van der Waals surface area (Å²) in [5.41, 5.74) is 3.45. The first-order chi connectivity index (χ1) is 20.8. The number of aliphatic hydroxyl groups excluding tert-OH is 1. The zero-order valence-electron chi connectivity index (χ0n) is 26.5. The Labute approximate surface area is 259 Å². The summed E-state index contributed by atoms with van der Waals surface area (Å²) < 4.78 is 22.1. The van der Waals surface area contributed by atoms with Crippen molar-refractivity contribution in [3.05, 3.63) is 88.3 Å². The summed E-state index contributed by atoms with van der Waals surface area (Å²) in [5.74, 6) is -0.335. The first-order valence-corrected chi connectivity index (χ1v) is 15.0. The molecule has 8 heteroatoms. The maximum Gasteiger partial charge on any atom is 0.344 e. The standard InChI is InChI=1S/C36H44O8/c1-23(2)32(37)41-20-10-8-12-25-14-15-27-22-30(26-16-18-28(19-17-26)43-35(40)36(5,6)7)34(39)44-31(27)29(25)13-9-11-21-42-33(38)24(3)4/h14-19,22,33,38H,1,3,8-13,20-21H2,2,4-7H3. The number of aryl methyl sites for hydroxylation is 2. The minimum absolute atomic E-state index is 0.309. The van der Waals surface area contributed by atoms with Crippen molar-refractivity contribution in [3.8, 4) is 16.9 Å². The Morgan fingerprint density at radius 1 is 0.932 bits per heavy atom. The minimum Gasteiger partial charge on any atom is -0.462 e. The molecule has 0 amide bonds. The number of unbranched alkanes of at least 4 members (excludes halogenated alkanes) is 2. The van der Waals surface area contributed by atoms with Crippen LogP contribution in [0.3, 0.4) is 0 Å². The van der Waals surface area contributed by atoms with E-state index in [-0.39, 0.29) is 5.97 Å². The second kappa shape index (κ2) is 15.6. The van der Waals surface area contributed by atoms with E-state index in [9.17, 15) is 19.5 Å². The predicted molar refractivity (Wildman–Crippen MR) is 171 cm³/mol. The molecule has 0 fully saturated rings. The first kappa shape index (κ1) is 34.5. The van der Waals surface area contributed by atoms with E-state index >= 15 is 0 Å². The largest absolute Gasteiger partial charge is 0.462 e. The van der Waals surface area contributed by atoms with Crippen LogP contribution in [0.5, 0.6) is 5.75 Å². The van der Waals surface area contributed by atoms with Crippen LogP contribution in [0.15, 0.2) is 76.0 Å². The number of hydrogen-bond acceptors (Lipinski definition) is 8. The lowest BCUT2D eigenvalue weighted by molar-refractivity contribution is -0.143. The van der Waals surface area contributed by atoms with Crippen LogP contribution in [0.4, 0.5) is 0 Å². The van der Waals surface area contributed by atoms with Crippen molar-refractivity contribution in [3.63, 3.8) is 0 Å². The molecule has 0 radical (unpaired) electrons. The summed E-state index contributed by atoms with van der Waals surface area (Å²) in [6.07, 6.45) is 3.31. The van der Waals surface area contributed by atoms with Gasteiger partial charge in [-0.1, -0.05) is 37.4 Å². The maximum atomic E-state index is 13.3. The summed E-state index contributed by atoms with van der Waals surface area (Å²) in [5, 5.41) is 10.6. The second-order valence-corrected chi connectivity index (χ2v) is 12.1. The van der Waals surface area contributed by atoms with Crippen molar-refractivity contribution in [2.24, 2.45) is 5.41 Å². The van der Waals surface area contributed by atoms with E-state index < -0.39 is 23.3 Å². The molecule has 3 rings (SSSR count). The third-order valence-corrected chi connectivity index (χ3v) is 7.03. The third-order valence-electron chi connectivity index (χ3n) is 7.03. The summed E-state index contributed by atoms with van der Waals surface area (Å²) in [7, 11) is 0. The van der Waals surface area contributed by atoms with Gasteiger partial charge < -0.3 is 23.7 Å². The number of aliphatic hydroxyl groups is 1. The van der Waals surface area contributed by atoms with Gasteiger partial charge in [0.15, 0.2) is 6.29 Å². The van der Waals surface area contributed by atoms with Gasteiger partial charge in [0.2, 0.25) is 0 Å². The number of ether oxygens (including phenoxy) is 3. The number of carbonyl (C=O) groups is 2. The average Bonchev–Trinajstić information content (AvgIpc) is 2.96. The molecular formula is C36H44O8. The highest BCUT2D eigenvalue weighted by atomic mass is 16.6. The summed E-state index contributed by atoms with van der Waals surface area (Å²) >= 11 is 0. The topological polar surface area (TPSA) is 112 Å². The monoisotopic (exact) mass is 604 g/mol. The van der Waals surface area contributed by atoms with Crippen LogP contribution < -0.4 is 10.4 Å². The van der Waals surface area contributed by atoms with Gasteiger partial charge in [-0.25, -0.2) is 9.59 Å². The highest BCUT2D eigenvalue weighted by Crippen LogP contribution is 2.29. The van der Waals surface area contributed by atoms with Crippen molar-refractivity contribution in [2.45, 2.75) is 79.4 Å². The van der Waals surface area contributed by atoms with Crippen LogP contribution in [0, 0.1) is 5.41 Å². The lowest BCUT2D eigenvalue weighted by Gasteiger charge is -2.16. The molecule has 1 atom stereocenters. The number of esters is 2. The van der Waals surface area contributed by atoms with Gasteiger partial charge in [-0.3, -0.25) is 4.79 Å². The molecule has 1 N–H and O–H groups in total. The molecule has 44 heavy (non-hydrogen) atoms. The van der Waals surface area contributed by atoms with Gasteiger partial charge >= 0.3 is 17.6 Å². The Kier molecular flexibility index (Phi) is 12.3. The molecule has 0 spiro atoms. The summed E-state index contributed by atoms with van der Waals surface area (Å²) in [4.78, 5) is 37.2. The molecule has 1 aromatic heterocycles. The maximum absolute atomic E-state index is 13.3. The van der Waals surface area contributed by atoms with Crippen molar-refractivity contribution < 1.29 is 33.3 Å². The Balaban J connectivity index is 1.82. The number of hydrogen-bond donors (Lipinski definition) is 1. The normalized spacial score (nSPS) is 12.1. The van der Waals surface area contributed by atoms with Gasteiger partial charge in [0.25, 0.3) is 0 Å². The van der Waals surface area contributed by atoms with Crippen LogP contribution in [0.1, 0.15) is 71.4 Å². The average molecular weight is 605 g/mol. The van der Waals surface area contributed by atoms with E-state index in [1.54, 1.807) is 58.9 Å². The molecule has 2 aromatic carbocycles. The molecule has 0 aliphatic carbocycles. The fraction of sp³-hybridized carbons (Fsp3) is 0.417. The molecule has 236 valence electrons. The Hall–Kier alpha value is -4.01. The minimum atomic E-state index is -0.988. The van der Waals surface area contributed by atoms with Gasteiger partial charge in [-0.05, 0) is 114 Å². The predicted octanol–water partition coefficient (Wildman–Crippen LogP) is 7.09. The van der Waals surface area contributed by atoms with Crippen LogP contribution in [0.2, 0.25) is 0 Å². The zero-order valence-corrected chi connectivity index (χ0v) is 26.5. The fourth-order valence-corrected chi connectivity index (χ4v) is 4.40. The smallest absolute Gasteiger partial charge is 0.344 e. The highest BCUT2D eigenvalue weighted by molar-refractivity contribution is 5.87. The van der Waals surface area contributed by atoms with Crippen LogP contribution in [-0.4, -0.2) is 36.5 Å². The SMILES string of the molecule is C=C(C)C(=O)OCCCCc1ccc2cc(-c3ccc(OC(=O)C(C)(C)C)cc3)c(=O)oc2c1CCCCOC(O)C(=C)C. The second-order valence-electron chi connectivity index (χ2n) is 12.1. The van der Waals surface area contributed by atoms with Crippen molar-refractivity contribution >= 4 is 22.9 Å². The molecule has 0 bridgehead atoms. The highest BCUT2D eigenvalue weighted by Gasteiger charge is 2.24. The molecule has 0 saturated carbocycles. The molecule has 0 saturated heterocycles. The van der Waals surface area contributed by atoms with Crippen molar-refractivity contribution in [1.29, 1.82) is 0 Å². The fourth-order valence-electron chi connectivity index (χ4n) is 4.40. The molecule has 1 heterocycles. The Morgan fingerprint density at radius 3 is 2.23 bits per heavy atom. The quantitative estimate of drug-likeness (QED) is 0.0372. The van der Waals surface area contributed by atoms with Gasteiger partial charge in [-0.15, -0.1) is 0 Å². The first-order valence-electron chi connectivity index (χ1n) is 15.0. The molecular weight excluding hydrogens is 560 g/mol. The molecule has 0 aliphatic rings. The number of fused-ring (bicyclic) bond motifs is 1. The lowest BCUT2D eigenvalue weighted by Crippen LogP contribution is -2.25. The van der Waals surface area contributed by atoms with Crippen LogP contribution in [0.25, 0.3) is 22.1 Å². The summed E-state index contributed by atoms with van der Waals surface area (Å²) in [6, 6.07) is 12.6. The van der Waals surface area contributed by atoms with E-state index in [4.69, 9.17) is 18.6 Å². The van der Waals surface area contributed by atoms with E-state index in [0.29, 0.717) is 66.1 Å². The molecule has 3 aromatic rings. The Bertz CT molecular complexity index is 1540. The van der Waals surface area contributed by atoms with Gasteiger partial charge in [0, 0.05) is 11.0 Å². The third kappa shape index (κ3) is 9.76. The van der Waals surface area contributed by atoms with Gasteiger partial charge in [0.05, 0.1) is 24.2 Å². The van der Waals surface area contributed by atoms with Crippen LogP contribution >= 0.6 is 0 Å². The van der Waals surface area contributed by atoms with Crippen molar-refractivity contribution in [2.75, 3.05) is 13.2 Å². The van der Waals surface area contributed by atoms with E-state index in [0.717, 1.165) is 35.8 Å². The number of rotatable bonds is 15. The molecule has 8 nitrogen and oxygen atoms in total. The van der Waals surface area contributed by atoms with Gasteiger partial charge in [0.1, 0.15) is 11.3 Å². The number of carbonyl (C=O) groups excluding carboxylic acids is 2. The molecule has 1 unspecified atom stereocenters.